The fourth-order valence-corrected chi connectivity index (χ4v) is 1.65. The summed E-state index contributed by atoms with van der Waals surface area (Å²) in [5.41, 5.74) is -0.522. The molecular formula is C10H14N2O4S. The lowest BCUT2D eigenvalue weighted by molar-refractivity contribution is -0.136. The highest BCUT2D eigenvalue weighted by atomic mass is 32.1. The standard InChI is InChI=1S/C10H14N2O4S/c1-10(2,16-3)8(15)12-9-11-6(5-17-9)4-7(13)14/h5H,4H2,1-3H3,(H,13,14)(H,11,12,15). The molecule has 1 amide bonds. The van der Waals surface area contributed by atoms with Crippen molar-refractivity contribution in [2.75, 3.05) is 12.4 Å². The summed E-state index contributed by atoms with van der Waals surface area (Å²) in [5.74, 6) is -1.28. The van der Waals surface area contributed by atoms with Crippen LogP contribution in [-0.2, 0) is 20.7 Å². The lowest BCUT2D eigenvalue weighted by Crippen LogP contribution is -2.38. The van der Waals surface area contributed by atoms with Gasteiger partial charge in [-0.3, -0.25) is 14.9 Å². The minimum Gasteiger partial charge on any atom is -0.481 e. The molecule has 0 saturated carbocycles. The fraction of sp³-hybridized carbons (Fsp3) is 0.500. The Hall–Kier alpha value is -1.47. The van der Waals surface area contributed by atoms with E-state index in [-0.39, 0.29) is 12.3 Å². The Kier molecular flexibility index (Phi) is 4.19. The van der Waals surface area contributed by atoms with Gasteiger partial charge in [0.1, 0.15) is 5.60 Å². The van der Waals surface area contributed by atoms with Gasteiger partial charge in [0.2, 0.25) is 0 Å². The number of nitrogens with zero attached hydrogens (tertiary/aromatic N) is 1. The number of amides is 1. The molecule has 0 unspecified atom stereocenters. The van der Waals surface area contributed by atoms with Crippen molar-refractivity contribution in [1.29, 1.82) is 0 Å². The SMILES string of the molecule is COC(C)(C)C(=O)Nc1nc(CC(=O)O)cs1. The fourth-order valence-electron chi connectivity index (χ4n) is 0.941. The summed E-state index contributed by atoms with van der Waals surface area (Å²) in [6.45, 7) is 3.27. The Morgan fingerprint density at radius 1 is 1.59 bits per heavy atom. The number of carbonyl (C=O) groups excluding carboxylic acids is 1. The Labute approximate surface area is 103 Å². The van der Waals surface area contributed by atoms with Gasteiger partial charge in [-0.05, 0) is 13.8 Å². The van der Waals surface area contributed by atoms with E-state index in [0.717, 1.165) is 0 Å². The predicted octanol–water partition coefficient (Wildman–Crippen LogP) is 1.13. The molecule has 6 nitrogen and oxygen atoms in total. The van der Waals surface area contributed by atoms with Gasteiger partial charge in [0.05, 0.1) is 12.1 Å². The average Bonchev–Trinajstić information content (AvgIpc) is 2.64. The minimum absolute atomic E-state index is 0.153. The molecular weight excluding hydrogens is 244 g/mol. The Balaban J connectivity index is 2.67. The van der Waals surface area contributed by atoms with Crippen molar-refractivity contribution in [2.45, 2.75) is 25.9 Å². The number of aliphatic carboxylic acids is 1. The van der Waals surface area contributed by atoms with Crippen LogP contribution >= 0.6 is 11.3 Å². The second-order valence-electron chi connectivity index (χ2n) is 3.88. The molecule has 0 aliphatic rings. The van der Waals surface area contributed by atoms with E-state index in [1.54, 1.807) is 19.2 Å². The van der Waals surface area contributed by atoms with Crippen molar-refractivity contribution in [3.63, 3.8) is 0 Å². The monoisotopic (exact) mass is 258 g/mol. The van der Waals surface area contributed by atoms with E-state index in [2.05, 4.69) is 10.3 Å². The van der Waals surface area contributed by atoms with Gasteiger partial charge in [-0.2, -0.15) is 0 Å². The van der Waals surface area contributed by atoms with Gasteiger partial charge < -0.3 is 9.84 Å². The third-order valence-corrected chi connectivity index (χ3v) is 2.97. The number of carbonyl (C=O) groups is 2. The second-order valence-corrected chi connectivity index (χ2v) is 4.74. The number of rotatable bonds is 5. The number of carboxylic acids is 1. The van der Waals surface area contributed by atoms with Crippen molar-refractivity contribution in [3.8, 4) is 0 Å². The normalized spacial score (nSPS) is 11.2. The van der Waals surface area contributed by atoms with E-state index >= 15 is 0 Å². The van der Waals surface area contributed by atoms with E-state index in [4.69, 9.17) is 9.84 Å². The van der Waals surface area contributed by atoms with Gasteiger partial charge >= 0.3 is 5.97 Å². The van der Waals surface area contributed by atoms with E-state index in [1.807, 2.05) is 0 Å². The van der Waals surface area contributed by atoms with Crippen molar-refractivity contribution < 1.29 is 19.4 Å². The van der Waals surface area contributed by atoms with Crippen LogP contribution in [0.5, 0.6) is 0 Å². The molecule has 2 N–H and O–H groups in total. The van der Waals surface area contributed by atoms with Crippen LogP contribution in [0, 0.1) is 0 Å². The molecule has 1 aromatic heterocycles. The first-order valence-corrected chi connectivity index (χ1v) is 5.76. The summed E-state index contributed by atoms with van der Waals surface area (Å²) in [7, 11) is 1.44. The molecule has 7 heteroatoms. The first kappa shape index (κ1) is 13.6. The van der Waals surface area contributed by atoms with Crippen molar-refractivity contribution in [1.82, 2.24) is 4.98 Å². The molecule has 94 valence electrons. The van der Waals surface area contributed by atoms with Crippen LogP contribution in [0.3, 0.4) is 0 Å². The van der Waals surface area contributed by atoms with Crippen LogP contribution in [0.1, 0.15) is 19.5 Å². The first-order chi connectivity index (χ1) is 7.85. The van der Waals surface area contributed by atoms with Crippen LogP contribution < -0.4 is 5.32 Å². The summed E-state index contributed by atoms with van der Waals surface area (Å²) in [6, 6.07) is 0. The quantitative estimate of drug-likeness (QED) is 0.826. The highest BCUT2D eigenvalue weighted by Crippen LogP contribution is 2.18. The van der Waals surface area contributed by atoms with Gasteiger partial charge in [0, 0.05) is 12.5 Å². The Morgan fingerprint density at radius 3 is 2.76 bits per heavy atom. The number of methoxy groups -OCH3 is 1. The second kappa shape index (κ2) is 5.24. The summed E-state index contributed by atoms with van der Waals surface area (Å²) in [5, 5.41) is 13.1. The molecule has 0 radical (unpaired) electrons. The molecule has 0 saturated heterocycles. The van der Waals surface area contributed by atoms with Gasteiger partial charge in [-0.1, -0.05) is 0 Å². The lowest BCUT2D eigenvalue weighted by Gasteiger charge is -2.20. The zero-order chi connectivity index (χ0) is 13.1. The average molecular weight is 258 g/mol. The highest BCUT2D eigenvalue weighted by molar-refractivity contribution is 7.13. The molecule has 1 rings (SSSR count). The number of hydrogen-bond donors (Lipinski definition) is 2. The maximum absolute atomic E-state index is 11.7. The topological polar surface area (TPSA) is 88.5 Å². The predicted molar refractivity (Wildman–Crippen MR) is 63.2 cm³/mol. The zero-order valence-electron chi connectivity index (χ0n) is 9.81. The molecule has 17 heavy (non-hydrogen) atoms. The number of carboxylic acid groups (broad SMARTS) is 1. The number of ether oxygens (including phenoxy) is 1. The van der Waals surface area contributed by atoms with Crippen LogP contribution in [0.4, 0.5) is 5.13 Å². The first-order valence-electron chi connectivity index (χ1n) is 4.88. The number of thiazole rings is 1. The van der Waals surface area contributed by atoms with E-state index < -0.39 is 11.6 Å². The third kappa shape index (κ3) is 3.79. The summed E-state index contributed by atoms with van der Waals surface area (Å²) in [4.78, 5) is 26.2. The van der Waals surface area contributed by atoms with Crippen molar-refractivity contribution in [3.05, 3.63) is 11.1 Å². The smallest absolute Gasteiger partial charge is 0.309 e. The molecule has 1 heterocycles. The van der Waals surface area contributed by atoms with Gasteiger partial charge in [0.25, 0.3) is 5.91 Å². The van der Waals surface area contributed by atoms with Crippen LogP contribution in [0.2, 0.25) is 0 Å². The van der Waals surface area contributed by atoms with E-state index in [0.29, 0.717) is 10.8 Å². The van der Waals surface area contributed by atoms with Gasteiger partial charge in [0.15, 0.2) is 5.13 Å². The molecule has 0 bridgehead atoms. The van der Waals surface area contributed by atoms with Gasteiger partial charge in [-0.15, -0.1) is 11.3 Å². The van der Waals surface area contributed by atoms with Crippen molar-refractivity contribution >= 4 is 28.3 Å². The molecule has 1 aromatic rings. The number of hydrogen-bond acceptors (Lipinski definition) is 5. The maximum Gasteiger partial charge on any atom is 0.309 e. The maximum atomic E-state index is 11.7. The number of nitrogens with one attached hydrogen (secondary N) is 1. The van der Waals surface area contributed by atoms with E-state index in [9.17, 15) is 9.59 Å². The third-order valence-electron chi connectivity index (χ3n) is 2.16. The van der Waals surface area contributed by atoms with Crippen molar-refractivity contribution in [2.24, 2.45) is 0 Å². The molecule has 0 aliphatic heterocycles. The van der Waals surface area contributed by atoms with Crippen LogP contribution in [0.15, 0.2) is 5.38 Å². The zero-order valence-corrected chi connectivity index (χ0v) is 10.6. The van der Waals surface area contributed by atoms with Crippen LogP contribution in [0.25, 0.3) is 0 Å². The molecule has 0 atom stereocenters. The molecule has 0 fully saturated rings. The number of anilines is 1. The molecule has 0 spiro atoms. The highest BCUT2D eigenvalue weighted by Gasteiger charge is 2.27. The number of aromatic nitrogens is 1. The summed E-state index contributed by atoms with van der Waals surface area (Å²) >= 11 is 1.18. The molecule has 0 aliphatic carbocycles. The Bertz CT molecular complexity index is 428. The largest absolute Gasteiger partial charge is 0.481 e. The van der Waals surface area contributed by atoms with E-state index in [1.165, 1.54) is 18.4 Å². The van der Waals surface area contributed by atoms with Crippen LogP contribution in [-0.4, -0.2) is 34.7 Å². The summed E-state index contributed by atoms with van der Waals surface area (Å²) in [6.07, 6.45) is -0.153. The minimum atomic E-state index is -0.953. The van der Waals surface area contributed by atoms with Gasteiger partial charge in [-0.25, -0.2) is 4.98 Å². The molecule has 0 aromatic carbocycles. The summed E-state index contributed by atoms with van der Waals surface area (Å²) < 4.78 is 5.01. The lowest BCUT2D eigenvalue weighted by atomic mass is 10.1. The Morgan fingerprint density at radius 2 is 2.24 bits per heavy atom.